The third-order valence-electron chi connectivity index (χ3n) is 2.78. The number of nitrogens with one attached hydrogen (secondary N) is 1. The molecule has 0 saturated carbocycles. The molecule has 0 saturated heterocycles. The van der Waals surface area contributed by atoms with Crippen molar-refractivity contribution in [1.82, 2.24) is 0 Å². The highest BCUT2D eigenvalue weighted by Crippen LogP contribution is 2.20. The zero-order valence-corrected chi connectivity index (χ0v) is 13.3. The molecule has 0 atom stereocenters. The Labute approximate surface area is 133 Å². The number of esters is 1. The van der Waals surface area contributed by atoms with E-state index in [1.807, 2.05) is 31.2 Å². The molecule has 0 radical (unpaired) electrons. The van der Waals surface area contributed by atoms with Gasteiger partial charge >= 0.3 is 5.97 Å². The summed E-state index contributed by atoms with van der Waals surface area (Å²) in [4.78, 5) is 23.8. The van der Waals surface area contributed by atoms with Gasteiger partial charge in [-0.05, 0) is 43.3 Å². The minimum atomic E-state index is -0.308. The highest BCUT2D eigenvalue weighted by molar-refractivity contribution is 8.00. The number of hydrogen-bond acceptors (Lipinski definition) is 4. The molecule has 22 heavy (non-hydrogen) atoms. The Bertz CT molecular complexity index is 651. The van der Waals surface area contributed by atoms with Gasteiger partial charge in [0.1, 0.15) is 5.75 Å². The minimum absolute atomic E-state index is 0.140. The fourth-order valence-corrected chi connectivity index (χ4v) is 2.42. The molecular weight excluding hydrogens is 298 g/mol. The predicted molar refractivity (Wildman–Crippen MR) is 88.3 cm³/mol. The van der Waals surface area contributed by atoms with Crippen LogP contribution in [0.5, 0.6) is 5.75 Å². The van der Waals surface area contributed by atoms with Crippen molar-refractivity contribution >= 4 is 29.3 Å². The van der Waals surface area contributed by atoms with Gasteiger partial charge in [0, 0.05) is 17.5 Å². The summed E-state index contributed by atoms with van der Waals surface area (Å²) in [6.07, 6.45) is 0. The van der Waals surface area contributed by atoms with Crippen LogP contribution in [0.15, 0.2) is 53.4 Å². The van der Waals surface area contributed by atoms with Gasteiger partial charge in [0.2, 0.25) is 5.91 Å². The number of ether oxygens (including phenoxy) is 1. The molecule has 0 aliphatic rings. The first kappa shape index (κ1) is 16.1. The second-order valence-corrected chi connectivity index (χ2v) is 5.83. The van der Waals surface area contributed by atoms with Crippen molar-refractivity contribution < 1.29 is 14.3 Å². The van der Waals surface area contributed by atoms with Gasteiger partial charge in [0.25, 0.3) is 0 Å². The first-order valence-electron chi connectivity index (χ1n) is 6.81. The molecule has 2 rings (SSSR count). The standard InChI is InChI=1S/C17H17NO3S/c1-12-3-9-16(10-4-12)22-11-17(20)21-15-7-5-14(6-8-15)18-13(2)19/h3-10H,11H2,1-2H3,(H,18,19). The molecule has 5 heteroatoms. The van der Waals surface area contributed by atoms with Crippen LogP contribution in [0.25, 0.3) is 0 Å². The molecular formula is C17H17NO3S. The van der Waals surface area contributed by atoms with Crippen molar-refractivity contribution in [2.24, 2.45) is 0 Å². The van der Waals surface area contributed by atoms with Crippen molar-refractivity contribution in [3.63, 3.8) is 0 Å². The van der Waals surface area contributed by atoms with Crippen LogP contribution in [0.4, 0.5) is 5.69 Å². The fourth-order valence-electron chi connectivity index (χ4n) is 1.75. The van der Waals surface area contributed by atoms with E-state index in [2.05, 4.69) is 5.32 Å². The van der Waals surface area contributed by atoms with E-state index in [1.54, 1.807) is 24.3 Å². The second-order valence-electron chi connectivity index (χ2n) is 4.78. The van der Waals surface area contributed by atoms with Crippen molar-refractivity contribution in [2.75, 3.05) is 11.1 Å². The zero-order valence-electron chi connectivity index (χ0n) is 12.5. The van der Waals surface area contributed by atoms with E-state index < -0.39 is 0 Å². The lowest BCUT2D eigenvalue weighted by atomic mass is 10.2. The molecule has 114 valence electrons. The molecule has 0 fully saturated rings. The Balaban J connectivity index is 1.83. The van der Waals surface area contributed by atoms with Crippen LogP contribution >= 0.6 is 11.8 Å². The van der Waals surface area contributed by atoms with E-state index in [1.165, 1.54) is 24.2 Å². The lowest BCUT2D eigenvalue weighted by Crippen LogP contribution is -2.11. The molecule has 4 nitrogen and oxygen atoms in total. The summed E-state index contributed by atoms with van der Waals surface area (Å²) in [6, 6.07) is 14.7. The molecule has 0 aliphatic heterocycles. The van der Waals surface area contributed by atoms with Crippen LogP contribution in [0, 0.1) is 6.92 Å². The molecule has 2 aromatic rings. The van der Waals surface area contributed by atoms with Gasteiger partial charge in [-0.1, -0.05) is 17.7 Å². The van der Waals surface area contributed by atoms with Gasteiger partial charge in [-0.3, -0.25) is 9.59 Å². The van der Waals surface area contributed by atoms with Gasteiger partial charge in [0.15, 0.2) is 0 Å². The fraction of sp³-hybridized carbons (Fsp3) is 0.176. The summed E-state index contributed by atoms with van der Waals surface area (Å²) in [5.74, 6) is 0.261. The van der Waals surface area contributed by atoms with Crippen molar-refractivity contribution in [2.45, 2.75) is 18.7 Å². The summed E-state index contributed by atoms with van der Waals surface area (Å²) in [7, 11) is 0. The zero-order chi connectivity index (χ0) is 15.9. The Kier molecular flexibility index (Phi) is 5.61. The van der Waals surface area contributed by atoms with Crippen LogP contribution in [0.3, 0.4) is 0 Å². The summed E-state index contributed by atoms with van der Waals surface area (Å²) < 4.78 is 5.25. The van der Waals surface area contributed by atoms with E-state index in [0.717, 1.165) is 4.90 Å². The third kappa shape index (κ3) is 5.26. The number of benzene rings is 2. The Morgan fingerprint density at radius 3 is 2.27 bits per heavy atom. The smallest absolute Gasteiger partial charge is 0.321 e. The summed E-state index contributed by atoms with van der Waals surface area (Å²) in [5, 5.41) is 2.65. The van der Waals surface area contributed by atoms with E-state index >= 15 is 0 Å². The van der Waals surface area contributed by atoms with Gasteiger partial charge < -0.3 is 10.1 Å². The van der Waals surface area contributed by atoms with E-state index in [9.17, 15) is 9.59 Å². The Morgan fingerprint density at radius 1 is 1.05 bits per heavy atom. The largest absolute Gasteiger partial charge is 0.426 e. The highest BCUT2D eigenvalue weighted by Gasteiger charge is 2.06. The first-order valence-corrected chi connectivity index (χ1v) is 7.79. The normalized spacial score (nSPS) is 10.1. The average Bonchev–Trinajstić information content (AvgIpc) is 2.48. The van der Waals surface area contributed by atoms with Crippen LogP contribution in [-0.4, -0.2) is 17.6 Å². The molecule has 0 unspecified atom stereocenters. The van der Waals surface area contributed by atoms with E-state index in [0.29, 0.717) is 11.4 Å². The lowest BCUT2D eigenvalue weighted by Gasteiger charge is -2.06. The van der Waals surface area contributed by atoms with Crippen LogP contribution < -0.4 is 10.1 Å². The molecule has 0 spiro atoms. The first-order chi connectivity index (χ1) is 10.5. The maximum absolute atomic E-state index is 11.8. The highest BCUT2D eigenvalue weighted by atomic mass is 32.2. The molecule has 0 heterocycles. The van der Waals surface area contributed by atoms with E-state index in [-0.39, 0.29) is 17.6 Å². The molecule has 1 amide bonds. The third-order valence-corrected chi connectivity index (χ3v) is 3.77. The topological polar surface area (TPSA) is 55.4 Å². The minimum Gasteiger partial charge on any atom is -0.426 e. The quantitative estimate of drug-likeness (QED) is 0.520. The van der Waals surface area contributed by atoms with Crippen molar-refractivity contribution in [1.29, 1.82) is 0 Å². The second kappa shape index (κ2) is 7.66. The molecule has 1 N–H and O–H groups in total. The molecule has 0 bridgehead atoms. The Hall–Kier alpha value is -2.27. The number of amides is 1. The van der Waals surface area contributed by atoms with Gasteiger partial charge in [-0.15, -0.1) is 11.8 Å². The number of anilines is 1. The monoisotopic (exact) mass is 315 g/mol. The van der Waals surface area contributed by atoms with Crippen molar-refractivity contribution in [3.05, 3.63) is 54.1 Å². The van der Waals surface area contributed by atoms with Crippen LogP contribution in [0.1, 0.15) is 12.5 Å². The van der Waals surface area contributed by atoms with Gasteiger partial charge in [-0.25, -0.2) is 0 Å². The predicted octanol–water partition coefficient (Wildman–Crippen LogP) is 3.65. The summed E-state index contributed by atoms with van der Waals surface area (Å²) in [6.45, 7) is 3.46. The van der Waals surface area contributed by atoms with Gasteiger partial charge in [-0.2, -0.15) is 0 Å². The number of carbonyl (C=O) groups is 2. The molecule has 2 aromatic carbocycles. The maximum atomic E-state index is 11.8. The number of hydrogen-bond donors (Lipinski definition) is 1. The number of thioether (sulfide) groups is 1. The average molecular weight is 315 g/mol. The number of carbonyl (C=O) groups excluding carboxylic acids is 2. The van der Waals surface area contributed by atoms with Crippen LogP contribution in [0.2, 0.25) is 0 Å². The Morgan fingerprint density at radius 2 is 1.68 bits per heavy atom. The lowest BCUT2D eigenvalue weighted by molar-refractivity contribution is -0.131. The van der Waals surface area contributed by atoms with Crippen LogP contribution in [-0.2, 0) is 9.59 Å². The summed E-state index contributed by atoms with van der Waals surface area (Å²) in [5.41, 5.74) is 1.85. The van der Waals surface area contributed by atoms with Crippen molar-refractivity contribution in [3.8, 4) is 5.75 Å². The number of rotatable bonds is 5. The van der Waals surface area contributed by atoms with Gasteiger partial charge in [0.05, 0.1) is 5.75 Å². The molecule has 0 aliphatic carbocycles. The summed E-state index contributed by atoms with van der Waals surface area (Å²) >= 11 is 1.44. The number of aryl methyl sites for hydroxylation is 1. The maximum Gasteiger partial charge on any atom is 0.321 e. The van der Waals surface area contributed by atoms with E-state index in [4.69, 9.17) is 4.74 Å². The molecule has 0 aromatic heterocycles. The SMILES string of the molecule is CC(=O)Nc1ccc(OC(=O)CSc2ccc(C)cc2)cc1.